The number of rotatable bonds is 5. The molecule has 3 aromatic rings. The Morgan fingerprint density at radius 2 is 2.16 bits per heavy atom. The zero-order valence-electron chi connectivity index (χ0n) is 13.9. The lowest BCUT2D eigenvalue weighted by Crippen LogP contribution is -2.36. The summed E-state index contributed by atoms with van der Waals surface area (Å²) in [5.74, 6) is 0.391. The molecule has 1 fully saturated rings. The van der Waals surface area contributed by atoms with Crippen LogP contribution in [0.1, 0.15) is 18.4 Å². The van der Waals surface area contributed by atoms with Crippen LogP contribution in [0.15, 0.2) is 53.6 Å². The van der Waals surface area contributed by atoms with Crippen LogP contribution in [0.4, 0.5) is 0 Å². The van der Waals surface area contributed by atoms with E-state index in [-0.39, 0.29) is 17.7 Å². The fourth-order valence-electron chi connectivity index (χ4n) is 3.72. The molecule has 0 amide bonds. The van der Waals surface area contributed by atoms with Gasteiger partial charge in [0.05, 0.1) is 6.10 Å². The van der Waals surface area contributed by atoms with E-state index in [1.165, 1.54) is 0 Å². The molecule has 6 nitrogen and oxygen atoms in total. The van der Waals surface area contributed by atoms with Crippen LogP contribution in [0.2, 0.25) is 0 Å². The minimum Gasteiger partial charge on any atom is -0.391 e. The third kappa shape index (κ3) is 3.50. The van der Waals surface area contributed by atoms with Crippen molar-refractivity contribution in [3.63, 3.8) is 0 Å². The first-order chi connectivity index (χ1) is 12.2. The van der Waals surface area contributed by atoms with Crippen LogP contribution in [0.3, 0.4) is 0 Å². The fourth-order valence-corrected chi connectivity index (χ4v) is 3.72. The number of benzene rings is 1. The van der Waals surface area contributed by atoms with Gasteiger partial charge in [-0.15, -0.1) is 0 Å². The zero-order valence-corrected chi connectivity index (χ0v) is 13.9. The number of fused-ring (bicyclic) bond motifs is 1. The van der Waals surface area contributed by atoms with Gasteiger partial charge in [-0.05, 0) is 42.3 Å². The van der Waals surface area contributed by atoms with Crippen molar-refractivity contribution in [3.8, 4) is 0 Å². The maximum absolute atomic E-state index is 12.2. The molecule has 2 aromatic heterocycles. The van der Waals surface area contributed by atoms with Crippen molar-refractivity contribution in [2.24, 2.45) is 5.92 Å². The molecule has 0 spiro atoms. The van der Waals surface area contributed by atoms with Crippen molar-refractivity contribution in [3.05, 3.63) is 64.7 Å². The topological polar surface area (TPSA) is 82.9 Å². The maximum atomic E-state index is 12.2. The molecule has 4 rings (SSSR count). The van der Waals surface area contributed by atoms with Crippen molar-refractivity contribution in [2.45, 2.75) is 38.1 Å². The van der Waals surface area contributed by atoms with Gasteiger partial charge in [0.15, 0.2) is 0 Å². The highest BCUT2D eigenvalue weighted by Crippen LogP contribution is 2.27. The number of aromatic nitrogens is 3. The summed E-state index contributed by atoms with van der Waals surface area (Å²) in [4.78, 5) is 15.1. The summed E-state index contributed by atoms with van der Waals surface area (Å²) in [6, 6.07) is 11.6. The molecule has 1 aliphatic rings. The Bertz CT molecular complexity index is 903. The Kier molecular flexibility index (Phi) is 4.38. The number of aliphatic hydroxyl groups excluding tert-OH is 1. The van der Waals surface area contributed by atoms with Gasteiger partial charge in [-0.2, -0.15) is 5.10 Å². The lowest BCUT2D eigenvalue weighted by Gasteiger charge is -2.16. The highest BCUT2D eigenvalue weighted by molar-refractivity contribution is 5.78. The Morgan fingerprint density at radius 1 is 1.28 bits per heavy atom. The van der Waals surface area contributed by atoms with E-state index in [4.69, 9.17) is 0 Å². The largest absolute Gasteiger partial charge is 0.391 e. The van der Waals surface area contributed by atoms with E-state index in [1.807, 2.05) is 47.3 Å². The molecule has 3 N–H and O–H groups in total. The molecule has 6 heteroatoms. The molecule has 1 aromatic carbocycles. The predicted octanol–water partition coefficient (Wildman–Crippen LogP) is 1.65. The molecule has 1 unspecified atom stereocenters. The van der Waals surface area contributed by atoms with Gasteiger partial charge in [0.25, 0.3) is 5.56 Å². The molecule has 0 aliphatic heterocycles. The molecule has 2 heterocycles. The third-order valence-electron chi connectivity index (χ3n) is 5.02. The summed E-state index contributed by atoms with van der Waals surface area (Å²) in [5, 5.41) is 18.9. The van der Waals surface area contributed by atoms with Crippen molar-refractivity contribution in [2.75, 3.05) is 0 Å². The molecule has 0 saturated heterocycles. The second-order valence-corrected chi connectivity index (χ2v) is 6.83. The van der Waals surface area contributed by atoms with E-state index in [0.29, 0.717) is 18.0 Å². The summed E-state index contributed by atoms with van der Waals surface area (Å²) in [7, 11) is 0. The van der Waals surface area contributed by atoms with Crippen molar-refractivity contribution < 1.29 is 5.11 Å². The molecular formula is C19H22N4O2. The van der Waals surface area contributed by atoms with Crippen molar-refractivity contribution >= 4 is 10.9 Å². The smallest absolute Gasteiger partial charge is 0.252 e. The van der Waals surface area contributed by atoms with Crippen molar-refractivity contribution in [1.82, 2.24) is 20.1 Å². The second-order valence-electron chi connectivity index (χ2n) is 6.83. The minimum atomic E-state index is -0.389. The van der Waals surface area contributed by atoms with Crippen LogP contribution >= 0.6 is 0 Å². The molecule has 1 aliphatic carbocycles. The highest BCUT2D eigenvalue weighted by Gasteiger charge is 2.32. The predicted molar refractivity (Wildman–Crippen MR) is 96.2 cm³/mol. The first-order valence-corrected chi connectivity index (χ1v) is 8.69. The molecule has 25 heavy (non-hydrogen) atoms. The first kappa shape index (κ1) is 16.1. The van der Waals surface area contributed by atoms with Gasteiger partial charge < -0.3 is 15.4 Å². The number of para-hydroxylation sites is 1. The Balaban J connectivity index is 1.41. The van der Waals surface area contributed by atoms with Gasteiger partial charge >= 0.3 is 0 Å². The molecule has 0 bridgehead atoms. The van der Waals surface area contributed by atoms with Crippen LogP contribution in [0, 0.1) is 5.92 Å². The lowest BCUT2D eigenvalue weighted by molar-refractivity contribution is 0.145. The van der Waals surface area contributed by atoms with E-state index >= 15 is 0 Å². The normalized spacial score (nSPS) is 23.3. The zero-order chi connectivity index (χ0) is 17.2. The number of hydrogen-bond acceptors (Lipinski definition) is 4. The van der Waals surface area contributed by atoms with Crippen LogP contribution < -0.4 is 10.9 Å². The first-order valence-electron chi connectivity index (χ1n) is 8.69. The van der Waals surface area contributed by atoms with Gasteiger partial charge in [-0.25, -0.2) is 0 Å². The Hall–Kier alpha value is -2.44. The summed E-state index contributed by atoms with van der Waals surface area (Å²) >= 11 is 0. The summed E-state index contributed by atoms with van der Waals surface area (Å²) in [6.45, 7) is 1.27. The van der Waals surface area contributed by atoms with E-state index in [2.05, 4.69) is 15.4 Å². The van der Waals surface area contributed by atoms with E-state index in [1.54, 1.807) is 6.20 Å². The number of pyridine rings is 1. The van der Waals surface area contributed by atoms with Crippen LogP contribution in [-0.4, -0.2) is 32.0 Å². The van der Waals surface area contributed by atoms with Gasteiger partial charge in [0.2, 0.25) is 0 Å². The molecule has 3 atom stereocenters. The average molecular weight is 338 g/mol. The molecule has 0 radical (unpaired) electrons. The van der Waals surface area contributed by atoms with Crippen molar-refractivity contribution in [1.29, 1.82) is 0 Å². The summed E-state index contributed by atoms with van der Waals surface area (Å²) < 4.78 is 1.91. The quantitative estimate of drug-likeness (QED) is 0.661. The monoisotopic (exact) mass is 338 g/mol. The lowest BCUT2D eigenvalue weighted by atomic mass is 10.1. The molecule has 130 valence electrons. The third-order valence-corrected chi connectivity index (χ3v) is 5.02. The maximum Gasteiger partial charge on any atom is 0.252 e. The number of aromatic amines is 1. The van der Waals surface area contributed by atoms with Gasteiger partial charge in [0.1, 0.15) is 0 Å². The number of hydrogen-bond donors (Lipinski definition) is 3. The number of nitrogens with one attached hydrogen (secondary N) is 2. The summed E-state index contributed by atoms with van der Waals surface area (Å²) in [5.41, 5.74) is 1.46. The second kappa shape index (κ2) is 6.82. The SMILES string of the molecule is O=c1[nH]c2ccccc2cc1CN[C@@H]1CC(Cn2cccn2)C[C@H]1O. The average Bonchev–Trinajstić information content (AvgIpc) is 3.23. The Morgan fingerprint density at radius 3 is 3.00 bits per heavy atom. The molecular weight excluding hydrogens is 316 g/mol. The molecule has 1 saturated carbocycles. The fraction of sp³-hybridized carbons (Fsp3) is 0.368. The van der Waals surface area contributed by atoms with E-state index < -0.39 is 0 Å². The van der Waals surface area contributed by atoms with Crippen LogP contribution in [0.5, 0.6) is 0 Å². The Labute approximate surface area is 145 Å². The number of nitrogens with zero attached hydrogens (tertiary/aromatic N) is 2. The van der Waals surface area contributed by atoms with Gasteiger partial charge in [0, 0.05) is 42.6 Å². The number of H-pyrrole nitrogens is 1. The standard InChI is InChI=1S/C19H22N4O2/c24-18-9-13(12-23-7-3-6-21-23)8-17(18)20-11-15-10-14-4-1-2-5-16(14)22-19(15)25/h1-7,10,13,17-18,20,24H,8-9,11-12H2,(H,22,25)/t13?,17-,18-/m1/s1. The van der Waals surface area contributed by atoms with Crippen LogP contribution in [-0.2, 0) is 13.1 Å². The van der Waals surface area contributed by atoms with E-state index in [9.17, 15) is 9.90 Å². The van der Waals surface area contributed by atoms with Crippen LogP contribution in [0.25, 0.3) is 10.9 Å². The van der Waals surface area contributed by atoms with Gasteiger partial charge in [-0.1, -0.05) is 18.2 Å². The van der Waals surface area contributed by atoms with E-state index in [0.717, 1.165) is 30.3 Å². The minimum absolute atomic E-state index is 0.00596. The number of aliphatic hydroxyl groups is 1. The summed E-state index contributed by atoms with van der Waals surface area (Å²) in [6.07, 6.45) is 4.97. The van der Waals surface area contributed by atoms with Gasteiger partial charge in [-0.3, -0.25) is 9.48 Å². The highest BCUT2D eigenvalue weighted by atomic mass is 16.3.